The molecule has 0 bridgehead atoms. The molecule has 0 aliphatic heterocycles. The quantitative estimate of drug-likeness (QED) is 0.332. The van der Waals surface area contributed by atoms with Crippen LogP contribution >= 0.6 is 0 Å². The normalized spacial score (nSPS) is 10.2. The Labute approximate surface area is 102 Å². The van der Waals surface area contributed by atoms with Crippen molar-refractivity contribution >= 4 is 11.9 Å². The van der Waals surface area contributed by atoms with Crippen molar-refractivity contribution in [1.82, 2.24) is 0 Å². The summed E-state index contributed by atoms with van der Waals surface area (Å²) in [5.41, 5.74) is 0. The van der Waals surface area contributed by atoms with Gasteiger partial charge in [-0.25, -0.2) is 4.79 Å². The third kappa shape index (κ3) is 12.8. The first-order valence-corrected chi connectivity index (χ1v) is 6.23. The Morgan fingerprint density at radius 3 is 1.59 bits per heavy atom. The number of unbranched alkanes of at least 4 members (excludes halogenated alkanes) is 7. The minimum absolute atomic E-state index is 0.267. The van der Waals surface area contributed by atoms with E-state index in [-0.39, 0.29) is 12.8 Å². The number of hydrogen-bond donors (Lipinski definition) is 2. The maximum atomic E-state index is 10.6. The molecule has 0 unspecified atom stereocenters. The van der Waals surface area contributed by atoms with Gasteiger partial charge in [0.2, 0.25) is 0 Å². The van der Waals surface area contributed by atoms with Crippen LogP contribution in [-0.2, 0) is 14.5 Å². The Bertz CT molecular complexity index is 215. The minimum atomic E-state index is -0.722. The molecule has 0 fully saturated rings. The van der Waals surface area contributed by atoms with Crippen molar-refractivity contribution in [2.75, 3.05) is 0 Å². The Kier molecular flexibility index (Phi) is 10.7. The molecule has 0 aromatic rings. The van der Waals surface area contributed by atoms with Gasteiger partial charge in [-0.2, -0.15) is 5.26 Å². The van der Waals surface area contributed by atoms with Gasteiger partial charge in [0, 0.05) is 12.8 Å². The smallest absolute Gasteiger partial charge is 0.342 e. The molecule has 0 aliphatic rings. The number of rotatable bonds is 11. The monoisotopic (exact) mass is 246 g/mol. The Hall–Kier alpha value is -1.10. The van der Waals surface area contributed by atoms with Gasteiger partial charge in [0.15, 0.2) is 0 Å². The standard InChI is InChI=1S/C12H22O5/c13-11(14)9-7-5-3-1-2-4-6-8-10-12(15)17-16/h16H,1-10H2,(H,13,14). The summed E-state index contributed by atoms with van der Waals surface area (Å²) in [7, 11) is 0. The van der Waals surface area contributed by atoms with E-state index >= 15 is 0 Å². The van der Waals surface area contributed by atoms with Crippen molar-refractivity contribution < 1.29 is 24.8 Å². The van der Waals surface area contributed by atoms with E-state index in [1.54, 1.807) is 0 Å². The molecule has 2 N–H and O–H groups in total. The molecule has 100 valence electrons. The van der Waals surface area contributed by atoms with E-state index in [9.17, 15) is 9.59 Å². The summed E-state index contributed by atoms with van der Waals surface area (Å²) < 4.78 is 0. The molecule has 0 aromatic carbocycles. The lowest BCUT2D eigenvalue weighted by molar-refractivity contribution is -0.234. The molecule has 0 aromatic heterocycles. The lowest BCUT2D eigenvalue weighted by atomic mass is 10.1. The van der Waals surface area contributed by atoms with Gasteiger partial charge in [-0.3, -0.25) is 4.79 Å². The van der Waals surface area contributed by atoms with Crippen LogP contribution < -0.4 is 0 Å². The lowest BCUT2D eigenvalue weighted by Gasteiger charge is -2.01. The zero-order valence-corrected chi connectivity index (χ0v) is 10.2. The van der Waals surface area contributed by atoms with Gasteiger partial charge < -0.3 is 9.99 Å². The number of aliphatic carboxylic acids is 1. The molecule has 0 spiro atoms. The summed E-state index contributed by atoms with van der Waals surface area (Å²) in [6.07, 6.45) is 8.36. The van der Waals surface area contributed by atoms with E-state index < -0.39 is 11.9 Å². The molecule has 0 radical (unpaired) electrons. The van der Waals surface area contributed by atoms with Crippen molar-refractivity contribution in [2.24, 2.45) is 0 Å². The highest BCUT2D eigenvalue weighted by Crippen LogP contribution is 2.10. The molecule has 0 rings (SSSR count). The SMILES string of the molecule is O=C(O)CCCCCCCCCCC(=O)OO. The van der Waals surface area contributed by atoms with E-state index in [0.717, 1.165) is 51.4 Å². The van der Waals surface area contributed by atoms with Crippen LogP contribution in [0.15, 0.2) is 0 Å². The maximum absolute atomic E-state index is 10.6. The van der Waals surface area contributed by atoms with Crippen LogP contribution in [0.3, 0.4) is 0 Å². The van der Waals surface area contributed by atoms with Gasteiger partial charge >= 0.3 is 11.9 Å². The third-order valence-corrected chi connectivity index (χ3v) is 2.62. The van der Waals surface area contributed by atoms with Crippen LogP contribution in [0.4, 0.5) is 0 Å². The largest absolute Gasteiger partial charge is 0.481 e. The minimum Gasteiger partial charge on any atom is -0.481 e. The molecular formula is C12H22O5. The number of carboxylic acid groups (broad SMARTS) is 1. The lowest BCUT2D eigenvalue weighted by Crippen LogP contribution is -1.99. The first-order chi connectivity index (χ1) is 8.16. The number of carbonyl (C=O) groups excluding carboxylic acids is 1. The molecule has 0 atom stereocenters. The van der Waals surface area contributed by atoms with E-state index in [1.165, 1.54) is 0 Å². The second kappa shape index (κ2) is 11.4. The Balaban J connectivity index is 3.03. The molecule has 0 heterocycles. The topological polar surface area (TPSA) is 83.8 Å². The van der Waals surface area contributed by atoms with Crippen LogP contribution in [0.25, 0.3) is 0 Å². The fourth-order valence-corrected chi connectivity index (χ4v) is 1.65. The predicted molar refractivity (Wildman–Crippen MR) is 62.5 cm³/mol. The highest BCUT2D eigenvalue weighted by molar-refractivity contribution is 5.68. The molecule has 5 heteroatoms. The van der Waals surface area contributed by atoms with Crippen LogP contribution in [0, 0.1) is 0 Å². The van der Waals surface area contributed by atoms with Crippen molar-refractivity contribution in [3.63, 3.8) is 0 Å². The zero-order chi connectivity index (χ0) is 12.9. The molecule has 0 saturated heterocycles. The van der Waals surface area contributed by atoms with Gasteiger partial charge in [-0.15, -0.1) is 0 Å². The fraction of sp³-hybridized carbons (Fsp3) is 0.833. The predicted octanol–water partition coefficient (Wildman–Crippen LogP) is 2.99. The highest BCUT2D eigenvalue weighted by atomic mass is 17.1. The summed E-state index contributed by atoms with van der Waals surface area (Å²) in [5, 5.41) is 16.4. The molecule has 0 aliphatic carbocycles. The zero-order valence-electron chi connectivity index (χ0n) is 10.2. The summed E-state index contributed by atoms with van der Waals surface area (Å²) in [5.74, 6) is -1.29. The van der Waals surface area contributed by atoms with E-state index in [1.807, 2.05) is 0 Å². The molecule has 0 amide bonds. The van der Waals surface area contributed by atoms with E-state index in [4.69, 9.17) is 10.4 Å². The average molecular weight is 246 g/mol. The highest BCUT2D eigenvalue weighted by Gasteiger charge is 2.01. The van der Waals surface area contributed by atoms with Gasteiger partial charge in [0.25, 0.3) is 0 Å². The van der Waals surface area contributed by atoms with E-state index in [0.29, 0.717) is 0 Å². The molecule has 17 heavy (non-hydrogen) atoms. The number of carboxylic acids is 1. The fourth-order valence-electron chi connectivity index (χ4n) is 1.65. The van der Waals surface area contributed by atoms with Crippen LogP contribution in [0.2, 0.25) is 0 Å². The van der Waals surface area contributed by atoms with Crippen LogP contribution in [-0.4, -0.2) is 22.3 Å². The van der Waals surface area contributed by atoms with Crippen molar-refractivity contribution in [2.45, 2.75) is 64.2 Å². The third-order valence-electron chi connectivity index (χ3n) is 2.62. The second-order valence-corrected chi connectivity index (χ2v) is 4.19. The van der Waals surface area contributed by atoms with Crippen molar-refractivity contribution in [3.05, 3.63) is 0 Å². The average Bonchev–Trinajstić information content (AvgIpc) is 2.30. The first kappa shape index (κ1) is 15.9. The van der Waals surface area contributed by atoms with Crippen LogP contribution in [0.1, 0.15) is 64.2 Å². The van der Waals surface area contributed by atoms with Crippen molar-refractivity contribution in [3.8, 4) is 0 Å². The first-order valence-electron chi connectivity index (χ1n) is 6.23. The van der Waals surface area contributed by atoms with Gasteiger partial charge in [-0.1, -0.05) is 38.5 Å². The van der Waals surface area contributed by atoms with Crippen molar-refractivity contribution in [1.29, 1.82) is 0 Å². The maximum Gasteiger partial charge on any atom is 0.342 e. The molecule has 0 saturated carbocycles. The summed E-state index contributed by atoms with van der Waals surface area (Å²) in [6.45, 7) is 0. The van der Waals surface area contributed by atoms with E-state index in [2.05, 4.69) is 4.89 Å². The molecule has 5 nitrogen and oxygen atoms in total. The molecular weight excluding hydrogens is 224 g/mol. The van der Waals surface area contributed by atoms with Gasteiger partial charge in [0.1, 0.15) is 0 Å². The summed E-state index contributed by atoms with van der Waals surface area (Å²) in [4.78, 5) is 24.3. The second-order valence-electron chi connectivity index (χ2n) is 4.19. The number of hydrogen-bond acceptors (Lipinski definition) is 4. The summed E-state index contributed by atoms with van der Waals surface area (Å²) >= 11 is 0. The van der Waals surface area contributed by atoms with Gasteiger partial charge in [0.05, 0.1) is 0 Å². The van der Waals surface area contributed by atoms with Crippen LogP contribution in [0.5, 0.6) is 0 Å². The Morgan fingerprint density at radius 2 is 1.18 bits per heavy atom. The number of carbonyl (C=O) groups is 2. The van der Waals surface area contributed by atoms with Gasteiger partial charge in [-0.05, 0) is 12.8 Å². The Morgan fingerprint density at radius 1 is 0.765 bits per heavy atom. The summed E-state index contributed by atoms with van der Waals surface area (Å²) in [6, 6.07) is 0.